The summed E-state index contributed by atoms with van der Waals surface area (Å²) in [6, 6.07) is 47.7. The van der Waals surface area contributed by atoms with Crippen molar-refractivity contribution in [1.82, 2.24) is 4.57 Å². The molecule has 6 aromatic carbocycles. The van der Waals surface area contributed by atoms with Crippen molar-refractivity contribution in [2.45, 2.75) is 0 Å². The third-order valence-electron chi connectivity index (χ3n) is 7.85. The first kappa shape index (κ1) is 22.6. The Hall–Kier alpha value is -5.41. The van der Waals surface area contributed by atoms with Crippen LogP contribution in [0, 0.1) is 0 Å². The van der Waals surface area contributed by atoms with Crippen LogP contribution in [0.1, 0.15) is 0 Å². The van der Waals surface area contributed by atoms with Crippen molar-refractivity contribution in [3.63, 3.8) is 0 Å². The molecule has 2 heterocycles. The van der Waals surface area contributed by atoms with Crippen LogP contribution in [-0.4, -0.2) is 4.57 Å². The Bertz CT molecular complexity index is 2280. The summed E-state index contributed by atoms with van der Waals surface area (Å²) in [6.07, 6.45) is 0. The molecule has 8 rings (SSSR count). The van der Waals surface area contributed by atoms with Crippen LogP contribution in [0.25, 0.3) is 71.5 Å². The molecule has 0 spiro atoms. The molecule has 0 unspecified atom stereocenters. The maximum absolute atomic E-state index is 13.5. The van der Waals surface area contributed by atoms with E-state index in [1.54, 1.807) is 0 Å². The zero-order valence-corrected chi connectivity index (χ0v) is 21.5. The lowest BCUT2D eigenvalue weighted by Gasteiger charge is -2.11. The van der Waals surface area contributed by atoms with Crippen LogP contribution >= 0.6 is 0 Å². The van der Waals surface area contributed by atoms with Crippen LogP contribution in [-0.2, 0) is 0 Å². The number of fused-ring (bicyclic) bond motifs is 6. The van der Waals surface area contributed by atoms with E-state index in [1.807, 2.05) is 60.7 Å². The molecule has 0 amide bonds. The fourth-order valence-electron chi connectivity index (χ4n) is 5.99. The van der Waals surface area contributed by atoms with E-state index >= 15 is 0 Å². The first-order valence-corrected chi connectivity index (χ1v) is 13.4. The second-order valence-electron chi connectivity index (χ2n) is 10.1. The van der Waals surface area contributed by atoms with Gasteiger partial charge in [-0.3, -0.25) is 0 Å². The van der Waals surface area contributed by atoms with Crippen LogP contribution in [0.5, 0.6) is 0 Å². The number of benzene rings is 6. The highest BCUT2D eigenvalue weighted by Crippen LogP contribution is 2.37. The van der Waals surface area contributed by atoms with Crippen molar-refractivity contribution in [3.8, 4) is 27.9 Å². The standard InChI is InChI=1S/C37H23NO2/c39-37-33-23-27(19-20-29(33)31-16-9-15-28(36(31)40-37)25-12-5-2-6-13-25)38-34-17-8-7-14-30(34)32-22-26(18-21-35(32)38)24-10-3-1-4-11-24/h1-23H. The van der Waals surface area contributed by atoms with E-state index in [1.165, 1.54) is 21.9 Å². The van der Waals surface area contributed by atoms with Crippen LogP contribution < -0.4 is 5.63 Å². The van der Waals surface area contributed by atoms with Crippen molar-refractivity contribution in [2.24, 2.45) is 0 Å². The summed E-state index contributed by atoms with van der Waals surface area (Å²) in [6.45, 7) is 0. The molecular weight excluding hydrogens is 490 g/mol. The highest BCUT2D eigenvalue weighted by atomic mass is 16.4. The molecule has 0 aliphatic heterocycles. The number of para-hydroxylation sites is 2. The van der Waals surface area contributed by atoms with Crippen molar-refractivity contribution < 1.29 is 4.42 Å². The Labute approximate surface area is 230 Å². The fourth-order valence-corrected chi connectivity index (χ4v) is 5.99. The molecule has 0 radical (unpaired) electrons. The molecule has 0 atom stereocenters. The predicted octanol–water partition coefficient (Wildman–Crippen LogP) is 9.38. The minimum Gasteiger partial charge on any atom is -0.422 e. The second kappa shape index (κ2) is 8.82. The van der Waals surface area contributed by atoms with Gasteiger partial charge in [0.25, 0.3) is 0 Å². The largest absolute Gasteiger partial charge is 0.422 e. The van der Waals surface area contributed by atoms with E-state index < -0.39 is 0 Å². The molecule has 0 N–H and O–H groups in total. The summed E-state index contributed by atoms with van der Waals surface area (Å²) < 4.78 is 8.25. The van der Waals surface area contributed by atoms with Gasteiger partial charge in [0, 0.05) is 32.8 Å². The molecule has 3 heteroatoms. The van der Waals surface area contributed by atoms with Crippen molar-refractivity contribution in [3.05, 3.63) is 150 Å². The van der Waals surface area contributed by atoms with E-state index in [-0.39, 0.29) is 5.63 Å². The van der Waals surface area contributed by atoms with Gasteiger partial charge in [-0.15, -0.1) is 0 Å². The normalized spacial score (nSPS) is 11.6. The Morgan fingerprint density at radius 3 is 1.98 bits per heavy atom. The monoisotopic (exact) mass is 513 g/mol. The van der Waals surface area contributed by atoms with E-state index in [4.69, 9.17) is 4.42 Å². The quantitative estimate of drug-likeness (QED) is 0.174. The van der Waals surface area contributed by atoms with Gasteiger partial charge in [-0.05, 0) is 47.0 Å². The highest BCUT2D eigenvalue weighted by molar-refractivity contribution is 6.12. The number of hydrogen-bond acceptors (Lipinski definition) is 2. The lowest BCUT2D eigenvalue weighted by atomic mass is 10.00. The van der Waals surface area contributed by atoms with E-state index in [0.29, 0.717) is 11.0 Å². The van der Waals surface area contributed by atoms with Gasteiger partial charge in [-0.25, -0.2) is 4.79 Å². The first-order chi connectivity index (χ1) is 19.8. The second-order valence-corrected chi connectivity index (χ2v) is 10.1. The Morgan fingerprint density at radius 1 is 0.450 bits per heavy atom. The van der Waals surface area contributed by atoms with Crippen LogP contribution in [0.3, 0.4) is 0 Å². The molecule has 8 aromatic rings. The van der Waals surface area contributed by atoms with Gasteiger partial charge in [-0.2, -0.15) is 0 Å². The van der Waals surface area contributed by atoms with Gasteiger partial charge >= 0.3 is 5.63 Å². The third kappa shape index (κ3) is 3.41. The molecule has 40 heavy (non-hydrogen) atoms. The minimum absolute atomic E-state index is 0.333. The lowest BCUT2D eigenvalue weighted by molar-refractivity contribution is 0.570. The zero-order chi connectivity index (χ0) is 26.6. The minimum atomic E-state index is -0.333. The fraction of sp³-hybridized carbons (Fsp3) is 0. The molecule has 0 aliphatic carbocycles. The summed E-state index contributed by atoms with van der Waals surface area (Å²) in [7, 11) is 0. The summed E-state index contributed by atoms with van der Waals surface area (Å²) in [5, 5.41) is 4.74. The van der Waals surface area contributed by atoms with E-state index in [9.17, 15) is 4.79 Å². The van der Waals surface area contributed by atoms with Crippen molar-refractivity contribution >= 4 is 43.5 Å². The Kier molecular flexibility index (Phi) is 4.98. The average Bonchev–Trinajstić information content (AvgIpc) is 3.35. The molecule has 0 fully saturated rings. The number of rotatable bonds is 3. The summed E-state index contributed by atoms with van der Waals surface area (Å²) in [4.78, 5) is 13.5. The topological polar surface area (TPSA) is 35.1 Å². The molecule has 2 aromatic heterocycles. The summed E-state index contributed by atoms with van der Waals surface area (Å²) in [5.41, 5.74) is 7.70. The Balaban J connectivity index is 1.37. The number of hydrogen-bond donors (Lipinski definition) is 0. The zero-order valence-electron chi connectivity index (χ0n) is 21.5. The molecule has 3 nitrogen and oxygen atoms in total. The average molecular weight is 514 g/mol. The van der Waals surface area contributed by atoms with Gasteiger partial charge in [0.05, 0.1) is 16.4 Å². The van der Waals surface area contributed by atoms with Crippen LogP contribution in [0.4, 0.5) is 0 Å². The van der Waals surface area contributed by atoms with Crippen LogP contribution in [0.15, 0.2) is 149 Å². The number of nitrogens with zero attached hydrogens (tertiary/aromatic N) is 1. The lowest BCUT2D eigenvalue weighted by Crippen LogP contribution is -2.02. The van der Waals surface area contributed by atoms with Gasteiger partial charge in [0.15, 0.2) is 0 Å². The van der Waals surface area contributed by atoms with Crippen LogP contribution in [0.2, 0.25) is 0 Å². The number of aromatic nitrogens is 1. The van der Waals surface area contributed by atoms with E-state index in [2.05, 4.69) is 83.4 Å². The third-order valence-corrected chi connectivity index (χ3v) is 7.85. The van der Waals surface area contributed by atoms with Gasteiger partial charge in [0.1, 0.15) is 5.58 Å². The molecule has 188 valence electrons. The molecule has 0 saturated carbocycles. The Morgan fingerprint density at radius 2 is 1.15 bits per heavy atom. The predicted molar refractivity (Wildman–Crippen MR) is 165 cm³/mol. The molecular formula is C37H23NO2. The summed E-state index contributed by atoms with van der Waals surface area (Å²) >= 11 is 0. The summed E-state index contributed by atoms with van der Waals surface area (Å²) in [5.74, 6) is 0. The smallest absolute Gasteiger partial charge is 0.344 e. The van der Waals surface area contributed by atoms with Gasteiger partial charge in [-0.1, -0.05) is 109 Å². The molecule has 0 bridgehead atoms. The van der Waals surface area contributed by atoms with Crippen molar-refractivity contribution in [2.75, 3.05) is 0 Å². The van der Waals surface area contributed by atoms with Crippen molar-refractivity contribution in [1.29, 1.82) is 0 Å². The van der Waals surface area contributed by atoms with Gasteiger partial charge in [0.2, 0.25) is 0 Å². The van der Waals surface area contributed by atoms with Gasteiger partial charge < -0.3 is 8.98 Å². The highest BCUT2D eigenvalue weighted by Gasteiger charge is 2.16. The molecule has 0 aliphatic rings. The molecule has 0 saturated heterocycles. The maximum atomic E-state index is 13.5. The van der Waals surface area contributed by atoms with E-state index in [0.717, 1.165) is 38.6 Å². The first-order valence-electron chi connectivity index (χ1n) is 13.4. The SMILES string of the molecule is O=c1oc2c(-c3ccccc3)cccc2c2ccc(-n3c4ccccc4c4cc(-c5ccccc5)ccc43)cc12. The maximum Gasteiger partial charge on any atom is 0.344 e.